The summed E-state index contributed by atoms with van der Waals surface area (Å²) in [6.07, 6.45) is 1.57. The van der Waals surface area contributed by atoms with E-state index in [1.807, 2.05) is 55.5 Å². The average molecular weight is 394 g/mol. The molecule has 0 radical (unpaired) electrons. The quantitative estimate of drug-likeness (QED) is 0.494. The molecule has 0 spiro atoms. The Labute approximate surface area is 170 Å². The van der Waals surface area contributed by atoms with Crippen molar-refractivity contribution in [3.63, 3.8) is 0 Å². The summed E-state index contributed by atoms with van der Waals surface area (Å²) in [4.78, 5) is 11.1. The number of hydrogen-bond acceptors (Lipinski definition) is 5. The molecule has 6 heteroatoms. The van der Waals surface area contributed by atoms with Gasteiger partial charge in [0.2, 0.25) is 0 Å². The van der Waals surface area contributed by atoms with Gasteiger partial charge in [-0.3, -0.25) is 4.79 Å². The molecule has 1 unspecified atom stereocenters. The number of benzene rings is 2. The van der Waals surface area contributed by atoms with Crippen LogP contribution in [0.2, 0.25) is 0 Å². The van der Waals surface area contributed by atoms with Crippen LogP contribution in [0.3, 0.4) is 0 Å². The zero-order valence-corrected chi connectivity index (χ0v) is 16.7. The molecular weight excluding hydrogens is 368 g/mol. The van der Waals surface area contributed by atoms with Crippen molar-refractivity contribution in [2.45, 2.75) is 39.2 Å². The molecule has 0 saturated heterocycles. The van der Waals surface area contributed by atoms with Crippen LogP contribution < -0.4 is 5.32 Å². The second-order valence-corrected chi connectivity index (χ2v) is 7.19. The molecule has 3 rings (SSSR count). The lowest BCUT2D eigenvalue weighted by Crippen LogP contribution is -2.16. The summed E-state index contributed by atoms with van der Waals surface area (Å²) in [6.45, 7) is 4.13. The van der Waals surface area contributed by atoms with Crippen molar-refractivity contribution in [2.75, 3.05) is 11.9 Å². The van der Waals surface area contributed by atoms with E-state index in [-0.39, 0.29) is 19.1 Å². The molecule has 3 aromatic rings. The molecule has 1 aromatic heterocycles. The van der Waals surface area contributed by atoms with Crippen LogP contribution >= 0.6 is 0 Å². The normalized spacial score (nSPS) is 12.0. The topological polar surface area (TPSA) is 95.6 Å². The highest BCUT2D eigenvalue weighted by Crippen LogP contribution is 2.33. The predicted octanol–water partition coefficient (Wildman–Crippen LogP) is 4.52. The molecule has 1 atom stereocenters. The zero-order chi connectivity index (χ0) is 20.8. The van der Waals surface area contributed by atoms with Gasteiger partial charge in [-0.25, -0.2) is 0 Å². The van der Waals surface area contributed by atoms with Gasteiger partial charge in [0, 0.05) is 18.2 Å². The number of carboxylic acid groups (broad SMARTS) is 1. The van der Waals surface area contributed by atoms with Gasteiger partial charge in [0.25, 0.3) is 0 Å². The maximum Gasteiger partial charge on any atom is 0.307 e. The van der Waals surface area contributed by atoms with Gasteiger partial charge in [-0.15, -0.1) is 0 Å². The highest BCUT2D eigenvalue weighted by atomic mass is 16.5. The number of carbonyl (C=O) groups is 1. The van der Waals surface area contributed by atoms with Gasteiger partial charge in [-0.05, 0) is 43.4 Å². The van der Waals surface area contributed by atoms with E-state index in [0.717, 1.165) is 46.5 Å². The lowest BCUT2D eigenvalue weighted by Gasteiger charge is -2.15. The molecule has 29 heavy (non-hydrogen) atoms. The van der Waals surface area contributed by atoms with E-state index in [2.05, 4.69) is 17.4 Å². The molecule has 2 aromatic carbocycles. The van der Waals surface area contributed by atoms with Crippen LogP contribution in [-0.4, -0.2) is 34.0 Å². The number of aliphatic hydroxyl groups is 1. The Morgan fingerprint density at radius 1 is 1.14 bits per heavy atom. The molecule has 0 fully saturated rings. The molecule has 0 aliphatic rings. The van der Waals surface area contributed by atoms with Crippen molar-refractivity contribution in [3.05, 3.63) is 59.8 Å². The Hall–Kier alpha value is -3.12. The summed E-state index contributed by atoms with van der Waals surface area (Å²) in [6, 6.07) is 15.6. The first-order valence-electron chi connectivity index (χ1n) is 9.73. The van der Waals surface area contributed by atoms with Crippen molar-refractivity contribution in [2.24, 2.45) is 0 Å². The minimum atomic E-state index is -0.850. The average Bonchev–Trinajstić information content (AvgIpc) is 3.07. The van der Waals surface area contributed by atoms with Crippen LogP contribution in [0.5, 0.6) is 0 Å². The summed E-state index contributed by atoms with van der Waals surface area (Å²) < 4.78 is 5.57. The number of nitrogens with one attached hydrogen (secondary N) is 1. The summed E-state index contributed by atoms with van der Waals surface area (Å²) in [7, 11) is 0. The number of anilines is 1. The van der Waals surface area contributed by atoms with Gasteiger partial charge < -0.3 is 20.1 Å². The standard InChI is InChI=1S/C23H26N2O4/c1-15(6-5-13-26)24-22-16(2)25-29-23(22)18-11-9-17(10-12-18)20-8-4-3-7-19(20)14-21(27)28/h3-4,7-12,15,24,26H,5-6,13-14H2,1-2H3,(H,27,28). The largest absolute Gasteiger partial charge is 0.481 e. The van der Waals surface area contributed by atoms with Crippen molar-refractivity contribution in [1.29, 1.82) is 0 Å². The van der Waals surface area contributed by atoms with E-state index in [4.69, 9.17) is 14.7 Å². The van der Waals surface area contributed by atoms with Crippen LogP contribution in [0.25, 0.3) is 22.5 Å². The minimum Gasteiger partial charge on any atom is -0.481 e. The van der Waals surface area contributed by atoms with Crippen molar-refractivity contribution < 1.29 is 19.5 Å². The maximum atomic E-state index is 11.1. The first-order valence-corrected chi connectivity index (χ1v) is 9.73. The first-order chi connectivity index (χ1) is 14.0. The smallest absolute Gasteiger partial charge is 0.307 e. The van der Waals surface area contributed by atoms with Gasteiger partial charge in [0.05, 0.1) is 6.42 Å². The lowest BCUT2D eigenvalue weighted by atomic mass is 9.96. The number of hydrogen-bond donors (Lipinski definition) is 3. The Morgan fingerprint density at radius 2 is 1.83 bits per heavy atom. The van der Waals surface area contributed by atoms with E-state index in [9.17, 15) is 4.79 Å². The van der Waals surface area contributed by atoms with Crippen molar-refractivity contribution in [1.82, 2.24) is 5.16 Å². The van der Waals surface area contributed by atoms with Gasteiger partial charge in [0.15, 0.2) is 5.76 Å². The number of aliphatic carboxylic acids is 1. The fourth-order valence-electron chi connectivity index (χ4n) is 3.37. The van der Waals surface area contributed by atoms with Gasteiger partial charge in [-0.1, -0.05) is 53.7 Å². The fourth-order valence-corrected chi connectivity index (χ4v) is 3.37. The number of aliphatic hydroxyl groups excluding tert-OH is 1. The Kier molecular flexibility index (Phi) is 6.67. The highest BCUT2D eigenvalue weighted by Gasteiger charge is 2.17. The van der Waals surface area contributed by atoms with Crippen LogP contribution in [-0.2, 0) is 11.2 Å². The maximum absolute atomic E-state index is 11.1. The highest BCUT2D eigenvalue weighted by molar-refractivity contribution is 5.79. The van der Waals surface area contributed by atoms with E-state index in [0.29, 0.717) is 5.76 Å². The lowest BCUT2D eigenvalue weighted by molar-refractivity contribution is -0.136. The summed E-state index contributed by atoms with van der Waals surface area (Å²) in [5.41, 5.74) is 5.17. The van der Waals surface area contributed by atoms with Crippen LogP contribution in [0.15, 0.2) is 53.1 Å². The summed E-state index contributed by atoms with van der Waals surface area (Å²) in [5, 5.41) is 25.7. The number of carboxylic acids is 1. The minimum absolute atomic E-state index is 0.0149. The first kappa shape index (κ1) is 20.6. The van der Waals surface area contributed by atoms with Crippen LogP contribution in [0, 0.1) is 6.92 Å². The molecule has 3 N–H and O–H groups in total. The molecule has 0 saturated carbocycles. The second kappa shape index (κ2) is 9.39. The molecule has 152 valence electrons. The van der Waals surface area contributed by atoms with Gasteiger partial charge >= 0.3 is 5.97 Å². The molecule has 0 bridgehead atoms. The molecule has 0 aliphatic heterocycles. The number of aryl methyl sites for hydroxylation is 1. The van der Waals surface area contributed by atoms with E-state index >= 15 is 0 Å². The second-order valence-electron chi connectivity index (χ2n) is 7.19. The monoisotopic (exact) mass is 394 g/mol. The summed E-state index contributed by atoms with van der Waals surface area (Å²) in [5.74, 6) is -0.180. The third kappa shape index (κ3) is 5.03. The van der Waals surface area contributed by atoms with Gasteiger partial charge in [-0.2, -0.15) is 0 Å². The van der Waals surface area contributed by atoms with Crippen molar-refractivity contribution >= 4 is 11.7 Å². The van der Waals surface area contributed by atoms with Crippen molar-refractivity contribution in [3.8, 4) is 22.5 Å². The molecular formula is C23H26N2O4. The van der Waals surface area contributed by atoms with Gasteiger partial charge in [0.1, 0.15) is 11.4 Å². The van der Waals surface area contributed by atoms with E-state index in [1.165, 1.54) is 0 Å². The Bertz CT molecular complexity index is 963. The van der Waals surface area contributed by atoms with E-state index < -0.39 is 5.97 Å². The molecule has 0 aliphatic carbocycles. The summed E-state index contributed by atoms with van der Waals surface area (Å²) >= 11 is 0. The van der Waals surface area contributed by atoms with Crippen LogP contribution in [0.1, 0.15) is 31.0 Å². The zero-order valence-electron chi connectivity index (χ0n) is 16.7. The predicted molar refractivity (Wildman–Crippen MR) is 113 cm³/mol. The molecule has 1 heterocycles. The SMILES string of the molecule is Cc1noc(-c2ccc(-c3ccccc3CC(=O)O)cc2)c1NC(C)CCCO. The Balaban J connectivity index is 1.86. The fraction of sp³-hybridized carbons (Fsp3) is 0.304. The third-order valence-corrected chi connectivity index (χ3v) is 4.87. The molecule has 0 amide bonds. The number of rotatable bonds is 9. The van der Waals surface area contributed by atoms with E-state index in [1.54, 1.807) is 0 Å². The number of nitrogens with zero attached hydrogens (tertiary/aromatic N) is 1. The Morgan fingerprint density at radius 3 is 2.52 bits per heavy atom. The third-order valence-electron chi connectivity index (χ3n) is 4.87. The number of aromatic nitrogens is 1. The van der Waals surface area contributed by atoms with Crippen LogP contribution in [0.4, 0.5) is 5.69 Å². The molecule has 6 nitrogen and oxygen atoms in total.